The summed E-state index contributed by atoms with van der Waals surface area (Å²) in [7, 11) is 0. The van der Waals surface area contributed by atoms with Crippen molar-refractivity contribution in [2.75, 3.05) is 5.32 Å². The molecule has 0 aliphatic heterocycles. The highest BCUT2D eigenvalue weighted by atomic mass is 19.1. The van der Waals surface area contributed by atoms with Crippen molar-refractivity contribution >= 4 is 11.7 Å². The van der Waals surface area contributed by atoms with Crippen LogP contribution in [0.25, 0.3) is 0 Å². The van der Waals surface area contributed by atoms with Crippen LogP contribution >= 0.6 is 0 Å². The minimum atomic E-state index is -0.434. The highest BCUT2D eigenvalue weighted by Crippen LogP contribution is 2.10. The zero-order valence-corrected chi connectivity index (χ0v) is 10.0. The molecule has 1 heterocycles. The first-order valence-electron chi connectivity index (χ1n) is 5.80. The molecule has 5 heteroatoms. The fraction of sp³-hybridized carbons (Fsp3) is 0.231. The van der Waals surface area contributed by atoms with Gasteiger partial charge >= 0.3 is 0 Å². The second kappa shape index (κ2) is 5.44. The first-order chi connectivity index (χ1) is 8.69. The molecule has 1 amide bonds. The summed E-state index contributed by atoms with van der Waals surface area (Å²) in [6, 6.07) is 7.32. The Kier molecular flexibility index (Phi) is 3.72. The molecular formula is C13H14FN3O. The van der Waals surface area contributed by atoms with Crippen molar-refractivity contribution in [1.82, 2.24) is 10.2 Å². The number of nitrogens with zero attached hydrogens (tertiary/aromatic N) is 1. The Hall–Kier alpha value is -2.17. The lowest BCUT2D eigenvalue weighted by Gasteiger charge is -2.01. The number of hydrogen-bond acceptors (Lipinski definition) is 2. The first kappa shape index (κ1) is 12.3. The third kappa shape index (κ3) is 2.94. The molecule has 0 saturated heterocycles. The summed E-state index contributed by atoms with van der Waals surface area (Å²) in [6.45, 7) is 2.06. The van der Waals surface area contributed by atoms with E-state index in [-0.39, 0.29) is 11.5 Å². The Labute approximate surface area is 104 Å². The van der Waals surface area contributed by atoms with Gasteiger partial charge in [0.25, 0.3) is 5.91 Å². The summed E-state index contributed by atoms with van der Waals surface area (Å²) in [4.78, 5) is 11.8. The van der Waals surface area contributed by atoms with E-state index in [1.807, 2.05) is 0 Å². The van der Waals surface area contributed by atoms with Gasteiger partial charge in [0.15, 0.2) is 5.82 Å². The number of aryl methyl sites for hydroxylation is 1. The second-order valence-electron chi connectivity index (χ2n) is 3.99. The van der Waals surface area contributed by atoms with Gasteiger partial charge in [0.05, 0.1) is 0 Å². The van der Waals surface area contributed by atoms with Crippen molar-refractivity contribution in [3.63, 3.8) is 0 Å². The molecule has 0 aliphatic rings. The van der Waals surface area contributed by atoms with Crippen LogP contribution in [0.2, 0.25) is 0 Å². The lowest BCUT2D eigenvalue weighted by molar-refractivity contribution is 0.102. The number of halogens is 1. The normalized spacial score (nSPS) is 10.3. The van der Waals surface area contributed by atoms with E-state index in [4.69, 9.17) is 0 Å². The molecule has 1 aromatic heterocycles. The van der Waals surface area contributed by atoms with E-state index in [1.165, 1.54) is 18.2 Å². The van der Waals surface area contributed by atoms with Gasteiger partial charge in [0.1, 0.15) is 5.82 Å². The van der Waals surface area contributed by atoms with Gasteiger partial charge in [0.2, 0.25) is 0 Å². The van der Waals surface area contributed by atoms with E-state index >= 15 is 0 Å². The molecule has 94 valence electrons. The number of hydrogen-bond donors (Lipinski definition) is 2. The van der Waals surface area contributed by atoms with Crippen LogP contribution < -0.4 is 5.32 Å². The summed E-state index contributed by atoms with van der Waals surface area (Å²) >= 11 is 0. The van der Waals surface area contributed by atoms with Gasteiger partial charge in [-0.05, 0) is 24.6 Å². The predicted octanol–water partition coefficient (Wildman–Crippen LogP) is 2.75. The predicted molar refractivity (Wildman–Crippen MR) is 66.9 cm³/mol. The molecule has 0 radical (unpaired) electrons. The van der Waals surface area contributed by atoms with Crippen LogP contribution in [0.3, 0.4) is 0 Å². The zero-order chi connectivity index (χ0) is 13.0. The number of carbonyl (C=O) groups excluding carboxylic acids is 1. The Morgan fingerprint density at radius 2 is 2.28 bits per heavy atom. The number of H-pyrrole nitrogens is 1. The fourth-order valence-electron chi connectivity index (χ4n) is 1.64. The zero-order valence-electron chi connectivity index (χ0n) is 10.0. The SMILES string of the molecule is CCCc1cc(NC(=O)c2cccc(F)c2)n[nH]1. The molecule has 2 N–H and O–H groups in total. The number of carbonyl (C=O) groups is 1. The number of benzene rings is 1. The van der Waals surface area contributed by atoms with Crippen molar-refractivity contribution in [1.29, 1.82) is 0 Å². The molecule has 0 unspecified atom stereocenters. The highest BCUT2D eigenvalue weighted by Gasteiger charge is 2.08. The van der Waals surface area contributed by atoms with Crippen molar-refractivity contribution < 1.29 is 9.18 Å². The minimum Gasteiger partial charge on any atom is -0.305 e. The van der Waals surface area contributed by atoms with Gasteiger partial charge in [-0.2, -0.15) is 5.10 Å². The van der Waals surface area contributed by atoms with Crippen LogP contribution in [0.5, 0.6) is 0 Å². The third-order valence-corrected chi connectivity index (χ3v) is 2.48. The van der Waals surface area contributed by atoms with Gasteiger partial charge < -0.3 is 5.32 Å². The summed E-state index contributed by atoms with van der Waals surface area (Å²) in [5.74, 6) is -0.354. The summed E-state index contributed by atoms with van der Waals surface area (Å²) in [5, 5.41) is 9.42. The van der Waals surface area contributed by atoms with Crippen molar-refractivity contribution in [2.24, 2.45) is 0 Å². The van der Waals surface area contributed by atoms with Gasteiger partial charge in [-0.15, -0.1) is 0 Å². The van der Waals surface area contributed by atoms with Gasteiger partial charge in [0, 0.05) is 17.3 Å². The fourth-order valence-corrected chi connectivity index (χ4v) is 1.64. The summed E-state index contributed by atoms with van der Waals surface area (Å²) in [5.41, 5.74) is 1.24. The summed E-state index contributed by atoms with van der Waals surface area (Å²) in [6.07, 6.45) is 1.88. The molecule has 0 spiro atoms. The topological polar surface area (TPSA) is 57.8 Å². The molecule has 0 bridgehead atoms. The van der Waals surface area contributed by atoms with Crippen LogP contribution in [0.15, 0.2) is 30.3 Å². The van der Waals surface area contributed by atoms with E-state index in [9.17, 15) is 9.18 Å². The first-order valence-corrected chi connectivity index (χ1v) is 5.80. The van der Waals surface area contributed by atoms with E-state index < -0.39 is 5.82 Å². The maximum atomic E-state index is 13.0. The molecule has 0 aliphatic carbocycles. The third-order valence-electron chi connectivity index (χ3n) is 2.48. The number of nitrogens with one attached hydrogen (secondary N) is 2. The molecule has 18 heavy (non-hydrogen) atoms. The number of aromatic amines is 1. The largest absolute Gasteiger partial charge is 0.305 e. The van der Waals surface area contributed by atoms with E-state index in [0.717, 1.165) is 18.5 Å². The van der Waals surface area contributed by atoms with Crippen LogP contribution in [0.1, 0.15) is 29.4 Å². The van der Waals surface area contributed by atoms with Gasteiger partial charge in [-0.3, -0.25) is 9.89 Å². The Balaban J connectivity index is 2.06. The minimum absolute atomic E-state index is 0.273. The molecule has 4 nitrogen and oxygen atoms in total. The van der Waals surface area contributed by atoms with Crippen LogP contribution in [0, 0.1) is 5.82 Å². The van der Waals surface area contributed by atoms with Gasteiger partial charge in [-0.25, -0.2) is 4.39 Å². The van der Waals surface area contributed by atoms with Crippen molar-refractivity contribution in [3.8, 4) is 0 Å². The lowest BCUT2D eigenvalue weighted by atomic mass is 10.2. The van der Waals surface area contributed by atoms with E-state index in [1.54, 1.807) is 12.1 Å². The number of rotatable bonds is 4. The molecule has 1 aromatic carbocycles. The Bertz CT molecular complexity index is 551. The monoisotopic (exact) mass is 247 g/mol. The number of aromatic nitrogens is 2. The Morgan fingerprint density at radius 3 is 3.00 bits per heavy atom. The average molecular weight is 247 g/mol. The lowest BCUT2D eigenvalue weighted by Crippen LogP contribution is -2.12. The second-order valence-corrected chi connectivity index (χ2v) is 3.99. The van der Waals surface area contributed by atoms with E-state index in [0.29, 0.717) is 5.82 Å². The van der Waals surface area contributed by atoms with Crippen molar-refractivity contribution in [3.05, 3.63) is 47.4 Å². The molecule has 0 atom stereocenters. The maximum absolute atomic E-state index is 13.0. The molecule has 0 fully saturated rings. The average Bonchev–Trinajstić information content (AvgIpc) is 2.77. The smallest absolute Gasteiger partial charge is 0.256 e. The molecule has 0 saturated carbocycles. The van der Waals surface area contributed by atoms with Gasteiger partial charge in [-0.1, -0.05) is 19.4 Å². The molecule has 2 aromatic rings. The summed E-state index contributed by atoms with van der Waals surface area (Å²) < 4.78 is 13.0. The van der Waals surface area contributed by atoms with Crippen molar-refractivity contribution in [2.45, 2.75) is 19.8 Å². The van der Waals surface area contributed by atoms with Crippen LogP contribution in [-0.2, 0) is 6.42 Å². The van der Waals surface area contributed by atoms with Crippen LogP contribution in [-0.4, -0.2) is 16.1 Å². The molecular weight excluding hydrogens is 233 g/mol. The van der Waals surface area contributed by atoms with E-state index in [2.05, 4.69) is 22.4 Å². The number of amides is 1. The number of anilines is 1. The molecule has 2 rings (SSSR count). The van der Waals surface area contributed by atoms with Crippen LogP contribution in [0.4, 0.5) is 10.2 Å². The maximum Gasteiger partial charge on any atom is 0.256 e. The highest BCUT2D eigenvalue weighted by molar-refractivity contribution is 6.03. The Morgan fingerprint density at radius 1 is 1.44 bits per heavy atom. The quantitative estimate of drug-likeness (QED) is 0.872. The standard InChI is InChI=1S/C13H14FN3O/c1-2-4-11-8-12(17-16-11)15-13(18)9-5-3-6-10(14)7-9/h3,5-8H,2,4H2,1H3,(H2,15,16,17,18).